The molecule has 160 valence electrons. The summed E-state index contributed by atoms with van der Waals surface area (Å²) in [6, 6.07) is 9.44. The highest BCUT2D eigenvalue weighted by Gasteiger charge is 2.22. The van der Waals surface area contributed by atoms with Gasteiger partial charge >= 0.3 is 0 Å². The first-order chi connectivity index (χ1) is 15.0. The maximum absolute atomic E-state index is 12.8. The summed E-state index contributed by atoms with van der Waals surface area (Å²) >= 11 is 1.34. The van der Waals surface area contributed by atoms with E-state index >= 15 is 0 Å². The summed E-state index contributed by atoms with van der Waals surface area (Å²) in [4.78, 5) is 17.0. The third kappa shape index (κ3) is 4.69. The molecule has 0 bridgehead atoms. The van der Waals surface area contributed by atoms with Gasteiger partial charge in [-0.15, -0.1) is 10.2 Å². The van der Waals surface area contributed by atoms with Crippen molar-refractivity contribution in [3.8, 4) is 11.4 Å². The molecule has 0 saturated heterocycles. The molecule has 0 aliphatic carbocycles. The van der Waals surface area contributed by atoms with Gasteiger partial charge in [-0.2, -0.15) is 5.10 Å². The standard InChI is InChI=1S/C21H23N7O2S/c1-14(2)28-18(8-10-23-28)24-20(29)15(3)31-21-26-25-19(16-6-4-9-22-12-16)27(21)13-17-7-5-11-30-17/h4-12,14-15H,13H2,1-3H3,(H,24,29). The lowest BCUT2D eigenvalue weighted by Crippen LogP contribution is -2.25. The molecule has 4 heterocycles. The van der Waals surface area contributed by atoms with Gasteiger partial charge in [-0.05, 0) is 45.0 Å². The van der Waals surface area contributed by atoms with Crippen LogP contribution in [0.5, 0.6) is 0 Å². The lowest BCUT2D eigenvalue weighted by Gasteiger charge is -2.15. The van der Waals surface area contributed by atoms with Crippen LogP contribution in [0.2, 0.25) is 0 Å². The summed E-state index contributed by atoms with van der Waals surface area (Å²) in [5, 5.41) is 16.1. The molecule has 4 aromatic rings. The third-order valence-electron chi connectivity index (χ3n) is 4.59. The van der Waals surface area contributed by atoms with E-state index in [-0.39, 0.29) is 11.9 Å². The van der Waals surface area contributed by atoms with E-state index in [1.807, 2.05) is 49.6 Å². The van der Waals surface area contributed by atoms with Crippen LogP contribution < -0.4 is 5.32 Å². The highest BCUT2D eigenvalue weighted by atomic mass is 32.2. The summed E-state index contributed by atoms with van der Waals surface area (Å²) in [7, 11) is 0. The van der Waals surface area contributed by atoms with E-state index in [9.17, 15) is 4.79 Å². The molecule has 4 aromatic heterocycles. The Bertz CT molecular complexity index is 1140. The zero-order valence-corrected chi connectivity index (χ0v) is 18.3. The second kappa shape index (κ2) is 9.17. The minimum absolute atomic E-state index is 0.136. The van der Waals surface area contributed by atoms with Crippen LogP contribution in [0.1, 0.15) is 32.6 Å². The first-order valence-corrected chi connectivity index (χ1v) is 10.8. The topological polar surface area (TPSA) is 104 Å². The molecule has 0 fully saturated rings. The number of hydrogen-bond acceptors (Lipinski definition) is 7. The maximum atomic E-state index is 12.8. The molecule has 1 N–H and O–H groups in total. The van der Waals surface area contributed by atoms with Crippen molar-refractivity contribution >= 4 is 23.5 Å². The molecule has 9 nitrogen and oxygen atoms in total. The molecule has 0 aliphatic heterocycles. The van der Waals surface area contributed by atoms with Crippen LogP contribution in [-0.4, -0.2) is 40.7 Å². The van der Waals surface area contributed by atoms with Crippen LogP contribution in [0, 0.1) is 0 Å². The molecule has 0 saturated carbocycles. The zero-order valence-electron chi connectivity index (χ0n) is 17.5. The Kier molecular flexibility index (Phi) is 6.17. The number of carbonyl (C=O) groups is 1. The molecule has 0 radical (unpaired) electrons. The number of furan rings is 1. The van der Waals surface area contributed by atoms with Gasteiger partial charge in [0, 0.05) is 30.1 Å². The average molecular weight is 438 g/mol. The van der Waals surface area contributed by atoms with Gasteiger partial charge in [0.05, 0.1) is 24.3 Å². The number of rotatable bonds is 8. The Balaban J connectivity index is 1.56. The van der Waals surface area contributed by atoms with Crippen molar-refractivity contribution in [1.29, 1.82) is 0 Å². The van der Waals surface area contributed by atoms with Gasteiger partial charge in [-0.1, -0.05) is 11.8 Å². The van der Waals surface area contributed by atoms with Crippen molar-refractivity contribution in [2.24, 2.45) is 0 Å². The number of hydrogen-bond donors (Lipinski definition) is 1. The van der Waals surface area contributed by atoms with Gasteiger partial charge in [0.15, 0.2) is 11.0 Å². The molecule has 1 atom stereocenters. The van der Waals surface area contributed by atoms with Gasteiger partial charge in [-0.3, -0.25) is 14.3 Å². The fourth-order valence-electron chi connectivity index (χ4n) is 3.05. The minimum atomic E-state index is -0.406. The fraction of sp³-hybridized carbons (Fsp3) is 0.286. The Morgan fingerprint density at radius 2 is 2.03 bits per heavy atom. The van der Waals surface area contributed by atoms with Crippen molar-refractivity contribution in [3.05, 3.63) is 60.9 Å². The van der Waals surface area contributed by atoms with Crippen molar-refractivity contribution in [2.75, 3.05) is 5.32 Å². The predicted octanol–water partition coefficient (Wildman–Crippen LogP) is 3.88. The van der Waals surface area contributed by atoms with Gasteiger partial charge < -0.3 is 9.73 Å². The molecule has 31 heavy (non-hydrogen) atoms. The van der Waals surface area contributed by atoms with Crippen LogP contribution in [0.3, 0.4) is 0 Å². The van der Waals surface area contributed by atoms with Crippen molar-refractivity contribution in [1.82, 2.24) is 29.5 Å². The maximum Gasteiger partial charge on any atom is 0.238 e. The minimum Gasteiger partial charge on any atom is -0.467 e. The Labute approximate surface area is 183 Å². The molecular formula is C21H23N7O2S. The summed E-state index contributed by atoms with van der Waals surface area (Å²) in [6.45, 7) is 6.31. The van der Waals surface area contributed by atoms with Crippen LogP contribution in [0.4, 0.5) is 5.82 Å². The van der Waals surface area contributed by atoms with Crippen LogP contribution in [0.25, 0.3) is 11.4 Å². The van der Waals surface area contributed by atoms with Crippen molar-refractivity contribution in [3.63, 3.8) is 0 Å². The normalized spacial score (nSPS) is 12.3. The predicted molar refractivity (Wildman–Crippen MR) is 118 cm³/mol. The van der Waals surface area contributed by atoms with E-state index in [2.05, 4.69) is 25.6 Å². The number of anilines is 1. The van der Waals surface area contributed by atoms with Gasteiger partial charge in [0.25, 0.3) is 0 Å². The first-order valence-electron chi connectivity index (χ1n) is 9.90. The van der Waals surface area contributed by atoms with Gasteiger partial charge in [-0.25, -0.2) is 4.68 Å². The zero-order chi connectivity index (χ0) is 21.8. The van der Waals surface area contributed by atoms with Crippen LogP contribution in [0.15, 0.2) is 64.8 Å². The number of nitrogens with zero attached hydrogens (tertiary/aromatic N) is 6. The van der Waals surface area contributed by atoms with Gasteiger partial charge in [0.1, 0.15) is 11.6 Å². The summed E-state index contributed by atoms with van der Waals surface area (Å²) in [6.07, 6.45) is 6.75. The van der Waals surface area contributed by atoms with E-state index < -0.39 is 5.25 Å². The molecule has 0 spiro atoms. The first kappa shape index (κ1) is 20.9. The highest BCUT2D eigenvalue weighted by molar-refractivity contribution is 8.00. The number of nitrogens with one attached hydrogen (secondary N) is 1. The summed E-state index contributed by atoms with van der Waals surface area (Å²) in [5.74, 6) is 1.96. The SMILES string of the molecule is CC(Sc1nnc(-c2cccnc2)n1Cc1ccco1)C(=O)Nc1ccnn1C(C)C. The quantitative estimate of drug-likeness (QED) is 0.417. The molecule has 0 aromatic carbocycles. The highest BCUT2D eigenvalue weighted by Crippen LogP contribution is 2.28. The monoisotopic (exact) mass is 437 g/mol. The van der Waals surface area contributed by atoms with Crippen molar-refractivity contribution in [2.45, 2.75) is 43.8 Å². The second-order valence-electron chi connectivity index (χ2n) is 7.22. The Hall–Kier alpha value is -3.40. The lowest BCUT2D eigenvalue weighted by atomic mass is 10.2. The van der Waals surface area contributed by atoms with E-state index in [4.69, 9.17) is 4.42 Å². The molecule has 4 rings (SSSR count). The molecule has 1 amide bonds. The van der Waals surface area contributed by atoms with E-state index in [1.165, 1.54) is 11.8 Å². The van der Waals surface area contributed by atoms with E-state index in [0.29, 0.717) is 23.3 Å². The average Bonchev–Trinajstić information content (AvgIpc) is 3.51. The molecule has 0 aliphatic rings. The van der Waals surface area contributed by atoms with Gasteiger partial charge in [0.2, 0.25) is 5.91 Å². The molecule has 10 heteroatoms. The van der Waals surface area contributed by atoms with E-state index in [0.717, 1.165) is 11.3 Å². The summed E-state index contributed by atoms with van der Waals surface area (Å²) < 4.78 is 9.23. The number of aromatic nitrogens is 6. The smallest absolute Gasteiger partial charge is 0.238 e. The Morgan fingerprint density at radius 3 is 2.74 bits per heavy atom. The third-order valence-corrected chi connectivity index (χ3v) is 5.67. The summed E-state index contributed by atoms with van der Waals surface area (Å²) in [5.41, 5.74) is 0.839. The van der Waals surface area contributed by atoms with E-state index in [1.54, 1.807) is 35.6 Å². The number of pyridine rings is 1. The number of carbonyl (C=O) groups excluding carboxylic acids is 1. The second-order valence-corrected chi connectivity index (χ2v) is 8.53. The fourth-order valence-corrected chi connectivity index (χ4v) is 3.90. The number of amides is 1. The molecular weight excluding hydrogens is 414 g/mol. The number of thioether (sulfide) groups is 1. The van der Waals surface area contributed by atoms with Crippen LogP contribution >= 0.6 is 11.8 Å². The van der Waals surface area contributed by atoms with Crippen LogP contribution in [-0.2, 0) is 11.3 Å². The Morgan fingerprint density at radius 1 is 1.16 bits per heavy atom. The largest absolute Gasteiger partial charge is 0.467 e. The van der Waals surface area contributed by atoms with Crippen molar-refractivity contribution < 1.29 is 9.21 Å². The lowest BCUT2D eigenvalue weighted by molar-refractivity contribution is -0.115. The molecule has 1 unspecified atom stereocenters.